The molecule has 0 bridgehead atoms. The number of nitrogens with zero attached hydrogens (tertiary/aromatic N) is 3. The fourth-order valence-corrected chi connectivity index (χ4v) is 3.37. The Morgan fingerprint density at radius 1 is 1.59 bits per heavy atom. The van der Waals surface area contributed by atoms with Crippen LogP contribution in [-0.4, -0.2) is 35.2 Å². The first kappa shape index (κ1) is 16.7. The van der Waals surface area contributed by atoms with Crippen LogP contribution >= 0.6 is 39.0 Å². The van der Waals surface area contributed by atoms with E-state index in [1.54, 1.807) is 13.3 Å². The Bertz CT molecular complexity index is 692. The highest BCUT2D eigenvalue weighted by molar-refractivity contribution is 9.10. The predicted octanol–water partition coefficient (Wildman–Crippen LogP) is 2.13. The number of amides is 1. The first-order valence-corrected chi connectivity index (χ1v) is 8.55. The largest absolute Gasteiger partial charge is 0.496 e. The average molecular weight is 402 g/mol. The van der Waals surface area contributed by atoms with Crippen molar-refractivity contribution in [3.63, 3.8) is 0 Å². The van der Waals surface area contributed by atoms with E-state index in [0.29, 0.717) is 9.47 Å². The van der Waals surface area contributed by atoms with Gasteiger partial charge < -0.3 is 10.5 Å². The van der Waals surface area contributed by atoms with Crippen molar-refractivity contribution in [2.75, 3.05) is 18.6 Å². The molecule has 0 saturated carbocycles. The third kappa shape index (κ3) is 4.97. The Hall–Kier alpha value is -1.65. The fourth-order valence-electron chi connectivity index (χ4n) is 1.38. The van der Waals surface area contributed by atoms with Crippen molar-refractivity contribution < 1.29 is 9.53 Å². The molecule has 2 aromatic rings. The highest BCUT2D eigenvalue weighted by atomic mass is 79.9. The van der Waals surface area contributed by atoms with E-state index in [1.165, 1.54) is 23.1 Å². The predicted molar refractivity (Wildman–Crippen MR) is 91.5 cm³/mol. The molecule has 0 saturated heterocycles. The summed E-state index contributed by atoms with van der Waals surface area (Å²) >= 11 is 5.88. The molecule has 0 spiro atoms. The number of benzene rings is 1. The molecule has 1 aromatic heterocycles. The van der Waals surface area contributed by atoms with Gasteiger partial charge in [-0.25, -0.2) is 5.43 Å². The second-order valence-corrected chi connectivity index (χ2v) is 6.97. The summed E-state index contributed by atoms with van der Waals surface area (Å²) < 4.78 is 6.60. The number of hydrogen-bond acceptors (Lipinski definition) is 8. The number of carbonyl (C=O) groups excluding carboxylic acids is 1. The SMILES string of the molecule is COc1ccc(C=NNC(=O)CSc2nnc(N)s2)cc1Br. The summed E-state index contributed by atoms with van der Waals surface area (Å²) in [6, 6.07) is 5.48. The molecule has 22 heavy (non-hydrogen) atoms. The van der Waals surface area contributed by atoms with Crippen LogP contribution in [0.5, 0.6) is 5.75 Å². The molecule has 1 amide bonds. The van der Waals surface area contributed by atoms with Gasteiger partial charge in [-0.05, 0) is 39.7 Å². The van der Waals surface area contributed by atoms with Crippen molar-refractivity contribution in [2.45, 2.75) is 4.34 Å². The molecule has 0 aliphatic heterocycles. The van der Waals surface area contributed by atoms with Crippen LogP contribution in [0.25, 0.3) is 0 Å². The Labute approximate surface area is 143 Å². The van der Waals surface area contributed by atoms with Gasteiger partial charge in [0.25, 0.3) is 5.91 Å². The highest BCUT2D eigenvalue weighted by Crippen LogP contribution is 2.25. The van der Waals surface area contributed by atoms with Crippen LogP contribution in [0.4, 0.5) is 5.13 Å². The van der Waals surface area contributed by atoms with E-state index >= 15 is 0 Å². The van der Waals surface area contributed by atoms with Gasteiger partial charge in [0.05, 0.1) is 23.5 Å². The molecule has 0 radical (unpaired) electrons. The van der Waals surface area contributed by atoms with Gasteiger partial charge >= 0.3 is 0 Å². The molecule has 3 N–H and O–H groups in total. The topological polar surface area (TPSA) is 102 Å². The molecule has 0 unspecified atom stereocenters. The van der Waals surface area contributed by atoms with Gasteiger partial charge in [0.1, 0.15) is 5.75 Å². The zero-order valence-electron chi connectivity index (χ0n) is 11.4. The summed E-state index contributed by atoms with van der Waals surface area (Å²) in [5.41, 5.74) is 8.73. The first-order chi connectivity index (χ1) is 10.6. The normalized spacial score (nSPS) is 10.8. The van der Waals surface area contributed by atoms with Crippen molar-refractivity contribution in [1.82, 2.24) is 15.6 Å². The van der Waals surface area contributed by atoms with Gasteiger partial charge in [-0.1, -0.05) is 23.1 Å². The molecule has 0 aliphatic carbocycles. The molecule has 7 nitrogen and oxygen atoms in total. The molecule has 1 aromatic carbocycles. The summed E-state index contributed by atoms with van der Waals surface area (Å²) in [5.74, 6) is 0.690. The number of nitrogens with one attached hydrogen (secondary N) is 1. The van der Waals surface area contributed by atoms with Crippen molar-refractivity contribution in [2.24, 2.45) is 5.10 Å². The van der Waals surface area contributed by atoms with E-state index in [-0.39, 0.29) is 11.7 Å². The Morgan fingerprint density at radius 2 is 2.41 bits per heavy atom. The maximum absolute atomic E-state index is 11.6. The van der Waals surface area contributed by atoms with E-state index < -0.39 is 0 Å². The Morgan fingerprint density at radius 3 is 3.05 bits per heavy atom. The van der Waals surface area contributed by atoms with E-state index in [4.69, 9.17) is 10.5 Å². The third-order valence-corrected chi connectivity index (χ3v) is 4.83. The second kappa shape index (κ2) is 8.11. The number of thioether (sulfide) groups is 1. The summed E-state index contributed by atoms with van der Waals surface area (Å²) in [4.78, 5) is 11.6. The number of nitrogens with two attached hydrogens (primary N) is 1. The van der Waals surface area contributed by atoms with Gasteiger partial charge in [0.2, 0.25) is 5.13 Å². The van der Waals surface area contributed by atoms with E-state index in [2.05, 4.69) is 36.7 Å². The van der Waals surface area contributed by atoms with E-state index in [1.807, 2.05) is 18.2 Å². The zero-order chi connectivity index (χ0) is 15.9. The van der Waals surface area contributed by atoms with Crippen molar-refractivity contribution >= 4 is 56.3 Å². The third-order valence-electron chi connectivity index (χ3n) is 2.33. The van der Waals surface area contributed by atoms with Crippen molar-refractivity contribution in [3.8, 4) is 5.75 Å². The van der Waals surface area contributed by atoms with Crippen LogP contribution in [0.15, 0.2) is 32.1 Å². The van der Waals surface area contributed by atoms with Crippen LogP contribution in [0.2, 0.25) is 0 Å². The lowest BCUT2D eigenvalue weighted by atomic mass is 10.2. The quantitative estimate of drug-likeness (QED) is 0.436. The minimum absolute atomic E-state index is 0.193. The van der Waals surface area contributed by atoms with E-state index in [9.17, 15) is 4.79 Å². The van der Waals surface area contributed by atoms with Gasteiger partial charge in [-0.3, -0.25) is 4.79 Å². The smallest absolute Gasteiger partial charge is 0.250 e. The molecular formula is C12H12BrN5O2S2. The lowest BCUT2D eigenvalue weighted by molar-refractivity contribution is -0.118. The monoisotopic (exact) mass is 401 g/mol. The average Bonchev–Trinajstić information content (AvgIpc) is 2.91. The maximum Gasteiger partial charge on any atom is 0.250 e. The standard InChI is InChI=1S/C12H12BrN5O2S2/c1-20-9-3-2-7(4-8(9)13)5-15-16-10(19)6-21-12-18-17-11(14)22-12/h2-5H,6H2,1H3,(H2,14,17)(H,16,19). The highest BCUT2D eigenvalue weighted by Gasteiger charge is 2.06. The molecule has 10 heteroatoms. The van der Waals surface area contributed by atoms with Crippen LogP contribution in [0.3, 0.4) is 0 Å². The zero-order valence-corrected chi connectivity index (χ0v) is 14.7. The van der Waals surface area contributed by atoms with Crippen LogP contribution < -0.4 is 15.9 Å². The number of ether oxygens (including phenoxy) is 1. The van der Waals surface area contributed by atoms with Crippen molar-refractivity contribution in [3.05, 3.63) is 28.2 Å². The molecule has 0 aliphatic rings. The number of nitrogen functional groups attached to an aromatic ring is 1. The number of hydrogen-bond donors (Lipinski definition) is 2. The van der Waals surface area contributed by atoms with Crippen molar-refractivity contribution in [1.29, 1.82) is 0 Å². The summed E-state index contributed by atoms with van der Waals surface area (Å²) in [7, 11) is 1.59. The van der Waals surface area contributed by atoms with Gasteiger partial charge in [0.15, 0.2) is 4.34 Å². The number of anilines is 1. The first-order valence-electron chi connectivity index (χ1n) is 5.95. The van der Waals surface area contributed by atoms with Crippen LogP contribution in [0.1, 0.15) is 5.56 Å². The molecule has 1 heterocycles. The number of halogens is 1. The van der Waals surface area contributed by atoms with E-state index in [0.717, 1.165) is 15.8 Å². The molecule has 0 atom stereocenters. The van der Waals surface area contributed by atoms with Crippen LogP contribution in [0, 0.1) is 0 Å². The molecule has 116 valence electrons. The second-order valence-electron chi connectivity index (χ2n) is 3.88. The summed E-state index contributed by atoms with van der Waals surface area (Å²) in [6.07, 6.45) is 1.55. The van der Waals surface area contributed by atoms with Crippen LogP contribution in [-0.2, 0) is 4.79 Å². The Balaban J connectivity index is 1.81. The summed E-state index contributed by atoms with van der Waals surface area (Å²) in [5, 5.41) is 11.8. The molecule has 0 fully saturated rings. The Kier molecular flexibility index (Phi) is 6.16. The number of hydrazone groups is 1. The lowest BCUT2D eigenvalue weighted by Gasteiger charge is -2.03. The molecular weight excluding hydrogens is 390 g/mol. The minimum atomic E-state index is -0.234. The van der Waals surface area contributed by atoms with Gasteiger partial charge in [-0.2, -0.15) is 5.10 Å². The van der Waals surface area contributed by atoms with Gasteiger partial charge in [0, 0.05) is 0 Å². The lowest BCUT2D eigenvalue weighted by Crippen LogP contribution is -2.19. The maximum atomic E-state index is 11.6. The summed E-state index contributed by atoms with van der Waals surface area (Å²) in [6.45, 7) is 0. The number of carbonyl (C=O) groups is 1. The minimum Gasteiger partial charge on any atom is -0.496 e. The molecule has 2 rings (SSSR count). The number of rotatable bonds is 6. The number of aromatic nitrogens is 2. The number of methoxy groups -OCH3 is 1. The van der Waals surface area contributed by atoms with Gasteiger partial charge in [-0.15, -0.1) is 10.2 Å². The fraction of sp³-hybridized carbons (Fsp3) is 0.167.